The van der Waals surface area contributed by atoms with E-state index in [1.807, 2.05) is 12.1 Å². The second kappa shape index (κ2) is 6.87. The van der Waals surface area contributed by atoms with E-state index in [-0.39, 0.29) is 11.8 Å². The number of anilines is 1. The molecule has 114 valence electrons. The molecule has 1 amide bonds. The van der Waals surface area contributed by atoms with Crippen molar-refractivity contribution in [1.82, 2.24) is 15.3 Å². The van der Waals surface area contributed by atoms with Gasteiger partial charge in [-0.1, -0.05) is 28.1 Å². The molecular formula is C16H17BrN4O. The topological polar surface area (TPSA) is 66.9 Å². The molecular weight excluding hydrogens is 344 g/mol. The Morgan fingerprint density at radius 1 is 1.23 bits per heavy atom. The summed E-state index contributed by atoms with van der Waals surface area (Å²) in [6, 6.07) is 8.20. The molecule has 3 rings (SSSR count). The van der Waals surface area contributed by atoms with Crippen molar-refractivity contribution in [3.05, 3.63) is 52.9 Å². The van der Waals surface area contributed by atoms with Crippen LogP contribution in [-0.4, -0.2) is 29.0 Å². The highest BCUT2D eigenvalue weighted by Crippen LogP contribution is 2.47. The van der Waals surface area contributed by atoms with Crippen LogP contribution < -0.4 is 10.6 Å². The number of halogens is 1. The average molecular weight is 361 g/mol. The average Bonchev–Trinajstić information content (AvgIpc) is 3.34. The molecule has 1 aromatic heterocycles. The van der Waals surface area contributed by atoms with Gasteiger partial charge in [-0.3, -0.25) is 9.78 Å². The summed E-state index contributed by atoms with van der Waals surface area (Å²) in [7, 11) is 0. The Morgan fingerprint density at radius 3 is 2.77 bits per heavy atom. The van der Waals surface area contributed by atoms with E-state index < -0.39 is 0 Å². The predicted octanol–water partition coefficient (Wildman–Crippen LogP) is 2.57. The lowest BCUT2D eigenvalue weighted by atomic mass is 10.1. The molecule has 1 aliphatic carbocycles. The number of hydrogen-bond acceptors (Lipinski definition) is 4. The van der Waals surface area contributed by atoms with Gasteiger partial charge in [0.1, 0.15) is 5.82 Å². The monoisotopic (exact) mass is 360 g/mol. The van der Waals surface area contributed by atoms with Gasteiger partial charge >= 0.3 is 0 Å². The Hall–Kier alpha value is -1.95. The van der Waals surface area contributed by atoms with E-state index >= 15 is 0 Å². The number of amides is 1. The third-order valence-corrected chi connectivity index (χ3v) is 4.25. The summed E-state index contributed by atoms with van der Waals surface area (Å²) in [5, 5.41) is 6.08. The van der Waals surface area contributed by atoms with Crippen LogP contribution in [-0.2, 0) is 4.79 Å². The van der Waals surface area contributed by atoms with Crippen molar-refractivity contribution >= 4 is 27.7 Å². The molecule has 1 aliphatic rings. The third-order valence-electron chi connectivity index (χ3n) is 3.72. The molecule has 5 nitrogen and oxygen atoms in total. The van der Waals surface area contributed by atoms with Crippen LogP contribution in [0.2, 0.25) is 0 Å². The first-order valence-corrected chi connectivity index (χ1v) is 8.06. The molecule has 6 heteroatoms. The fourth-order valence-corrected chi connectivity index (χ4v) is 2.73. The number of hydrogen-bond donors (Lipinski definition) is 2. The van der Waals surface area contributed by atoms with Gasteiger partial charge in [0.25, 0.3) is 0 Å². The molecule has 2 N–H and O–H groups in total. The van der Waals surface area contributed by atoms with Crippen molar-refractivity contribution in [2.24, 2.45) is 5.92 Å². The Bertz CT molecular complexity index is 632. The van der Waals surface area contributed by atoms with Crippen LogP contribution in [0.1, 0.15) is 17.9 Å². The Balaban J connectivity index is 1.39. The maximum absolute atomic E-state index is 12.1. The van der Waals surface area contributed by atoms with Gasteiger partial charge in [0.15, 0.2) is 0 Å². The highest BCUT2D eigenvalue weighted by atomic mass is 79.9. The third kappa shape index (κ3) is 3.82. The number of nitrogens with one attached hydrogen (secondary N) is 2. The minimum atomic E-state index is 0.109. The summed E-state index contributed by atoms with van der Waals surface area (Å²) < 4.78 is 1.06. The van der Waals surface area contributed by atoms with Crippen molar-refractivity contribution in [3.8, 4) is 0 Å². The van der Waals surface area contributed by atoms with Crippen LogP contribution >= 0.6 is 15.9 Å². The molecule has 0 aliphatic heterocycles. The molecule has 1 saturated carbocycles. The first-order valence-electron chi connectivity index (χ1n) is 7.27. The summed E-state index contributed by atoms with van der Waals surface area (Å²) in [5.41, 5.74) is 1.24. The maximum Gasteiger partial charge on any atom is 0.223 e. The Morgan fingerprint density at radius 2 is 2.05 bits per heavy atom. The normalized spacial score (nSPS) is 19.5. The highest BCUT2D eigenvalue weighted by Gasteiger charge is 2.43. The first-order chi connectivity index (χ1) is 10.7. The number of rotatable bonds is 6. The summed E-state index contributed by atoms with van der Waals surface area (Å²) in [6.45, 7) is 1.22. The van der Waals surface area contributed by atoms with Crippen LogP contribution in [0.4, 0.5) is 5.82 Å². The molecule has 0 saturated heterocycles. The molecule has 1 aromatic carbocycles. The van der Waals surface area contributed by atoms with E-state index in [1.165, 1.54) is 5.56 Å². The lowest BCUT2D eigenvalue weighted by Gasteiger charge is -2.07. The smallest absolute Gasteiger partial charge is 0.223 e. The minimum absolute atomic E-state index is 0.109. The van der Waals surface area contributed by atoms with Gasteiger partial charge in [0, 0.05) is 35.9 Å². The largest absolute Gasteiger partial charge is 0.367 e. The number of carbonyl (C=O) groups excluding carboxylic acids is 1. The van der Waals surface area contributed by atoms with Crippen LogP contribution in [0, 0.1) is 5.92 Å². The summed E-state index contributed by atoms with van der Waals surface area (Å²) >= 11 is 3.42. The Kier molecular flexibility index (Phi) is 4.68. The summed E-state index contributed by atoms with van der Waals surface area (Å²) in [4.78, 5) is 20.2. The molecule has 0 unspecified atom stereocenters. The fraction of sp³-hybridized carbons (Fsp3) is 0.312. The zero-order chi connectivity index (χ0) is 15.4. The predicted molar refractivity (Wildman–Crippen MR) is 88.5 cm³/mol. The number of carbonyl (C=O) groups is 1. The van der Waals surface area contributed by atoms with Crippen molar-refractivity contribution in [3.63, 3.8) is 0 Å². The Labute approximate surface area is 137 Å². The maximum atomic E-state index is 12.1. The van der Waals surface area contributed by atoms with Gasteiger partial charge in [0.05, 0.1) is 6.20 Å². The van der Waals surface area contributed by atoms with Gasteiger partial charge in [-0.25, -0.2) is 4.98 Å². The molecule has 2 aromatic rings. The van der Waals surface area contributed by atoms with E-state index in [2.05, 4.69) is 48.7 Å². The van der Waals surface area contributed by atoms with E-state index in [0.717, 1.165) is 16.7 Å². The van der Waals surface area contributed by atoms with Crippen LogP contribution in [0.25, 0.3) is 0 Å². The molecule has 0 bridgehead atoms. The van der Waals surface area contributed by atoms with Gasteiger partial charge in [-0.05, 0) is 30.0 Å². The zero-order valence-electron chi connectivity index (χ0n) is 12.0. The van der Waals surface area contributed by atoms with Gasteiger partial charge in [-0.15, -0.1) is 0 Å². The summed E-state index contributed by atoms with van der Waals surface area (Å²) in [5.74, 6) is 1.32. The van der Waals surface area contributed by atoms with Crippen molar-refractivity contribution in [1.29, 1.82) is 0 Å². The number of nitrogens with zero attached hydrogens (tertiary/aromatic N) is 2. The van der Waals surface area contributed by atoms with Crippen molar-refractivity contribution in [2.45, 2.75) is 12.3 Å². The lowest BCUT2D eigenvalue weighted by molar-refractivity contribution is -0.122. The summed E-state index contributed by atoms with van der Waals surface area (Å²) in [6.07, 6.45) is 5.85. The second-order valence-electron chi connectivity index (χ2n) is 5.31. The molecule has 1 fully saturated rings. The quantitative estimate of drug-likeness (QED) is 0.777. The fourth-order valence-electron chi connectivity index (χ4n) is 2.46. The molecule has 0 radical (unpaired) electrons. The van der Waals surface area contributed by atoms with Crippen LogP contribution in [0.3, 0.4) is 0 Å². The van der Waals surface area contributed by atoms with Gasteiger partial charge in [0.2, 0.25) is 5.91 Å². The van der Waals surface area contributed by atoms with Crippen LogP contribution in [0.5, 0.6) is 0 Å². The first kappa shape index (κ1) is 15.0. The SMILES string of the molecule is O=C(NCCNc1cnccn1)[C@H]1C[C@@H]1c1ccc(Br)cc1. The van der Waals surface area contributed by atoms with Gasteiger partial charge < -0.3 is 10.6 Å². The number of aromatic nitrogens is 2. The standard InChI is InChI=1S/C16H17BrN4O/c17-12-3-1-11(2-4-12)13-9-14(13)16(22)21-8-7-20-15-10-18-5-6-19-15/h1-6,10,13-14H,7-9H2,(H,19,20)(H,21,22)/t13-,14+/m1/s1. The van der Waals surface area contributed by atoms with Gasteiger partial charge in [-0.2, -0.15) is 0 Å². The number of benzene rings is 1. The highest BCUT2D eigenvalue weighted by molar-refractivity contribution is 9.10. The molecule has 1 heterocycles. The minimum Gasteiger partial charge on any atom is -0.367 e. The van der Waals surface area contributed by atoms with E-state index in [4.69, 9.17) is 0 Å². The van der Waals surface area contributed by atoms with Crippen LogP contribution in [0.15, 0.2) is 47.3 Å². The zero-order valence-corrected chi connectivity index (χ0v) is 13.6. The van der Waals surface area contributed by atoms with Crippen molar-refractivity contribution < 1.29 is 4.79 Å². The van der Waals surface area contributed by atoms with Crippen molar-refractivity contribution in [2.75, 3.05) is 18.4 Å². The second-order valence-corrected chi connectivity index (χ2v) is 6.22. The van der Waals surface area contributed by atoms with E-state index in [0.29, 0.717) is 19.0 Å². The van der Waals surface area contributed by atoms with E-state index in [1.54, 1.807) is 18.6 Å². The molecule has 0 spiro atoms. The van der Waals surface area contributed by atoms with E-state index in [9.17, 15) is 4.79 Å². The molecule has 22 heavy (non-hydrogen) atoms. The lowest BCUT2D eigenvalue weighted by Crippen LogP contribution is -2.30. The molecule has 2 atom stereocenters.